The van der Waals surface area contributed by atoms with Crippen molar-refractivity contribution in [2.45, 2.75) is 72.4 Å². The van der Waals surface area contributed by atoms with Gasteiger partial charge < -0.3 is 4.74 Å². The first-order valence-electron chi connectivity index (χ1n) is 8.78. The molecule has 23 heavy (non-hydrogen) atoms. The lowest BCUT2D eigenvalue weighted by Crippen LogP contribution is -2.09. The molecule has 1 heterocycles. The van der Waals surface area contributed by atoms with Crippen molar-refractivity contribution in [3.05, 3.63) is 40.9 Å². The predicted octanol–water partition coefficient (Wildman–Crippen LogP) is 5.89. The molecule has 126 valence electrons. The summed E-state index contributed by atoms with van der Waals surface area (Å²) >= 11 is 0. The van der Waals surface area contributed by atoms with E-state index in [4.69, 9.17) is 9.84 Å². The van der Waals surface area contributed by atoms with Crippen molar-refractivity contribution in [2.75, 3.05) is 0 Å². The fraction of sp³-hybridized carbons (Fsp3) is 0.550. The zero-order valence-corrected chi connectivity index (χ0v) is 15.1. The van der Waals surface area contributed by atoms with E-state index in [-0.39, 0.29) is 0 Å². The van der Waals surface area contributed by atoms with Gasteiger partial charge in [-0.1, -0.05) is 38.5 Å². The SMILES string of the molecule is C=Cc1c(CO/C(C)=C(/C)CC)nn(C2CCCC2)c1/C=C\C. The molecule has 1 aromatic heterocycles. The van der Waals surface area contributed by atoms with E-state index in [0.29, 0.717) is 12.6 Å². The van der Waals surface area contributed by atoms with Crippen molar-refractivity contribution in [1.82, 2.24) is 9.78 Å². The summed E-state index contributed by atoms with van der Waals surface area (Å²) in [5.41, 5.74) is 4.55. The first-order chi connectivity index (χ1) is 11.1. The van der Waals surface area contributed by atoms with Crippen LogP contribution in [-0.4, -0.2) is 9.78 Å². The topological polar surface area (TPSA) is 27.1 Å². The van der Waals surface area contributed by atoms with E-state index in [1.54, 1.807) is 0 Å². The van der Waals surface area contributed by atoms with Gasteiger partial charge in [-0.15, -0.1) is 0 Å². The van der Waals surface area contributed by atoms with Crippen LogP contribution in [0.3, 0.4) is 0 Å². The molecule has 1 saturated carbocycles. The van der Waals surface area contributed by atoms with E-state index in [2.05, 4.69) is 37.3 Å². The van der Waals surface area contributed by atoms with Gasteiger partial charge in [-0.2, -0.15) is 5.10 Å². The molecule has 0 aliphatic heterocycles. The Hall–Kier alpha value is -1.77. The summed E-state index contributed by atoms with van der Waals surface area (Å²) in [7, 11) is 0. The average molecular weight is 314 g/mol. The summed E-state index contributed by atoms with van der Waals surface area (Å²) < 4.78 is 8.17. The van der Waals surface area contributed by atoms with Crippen LogP contribution in [0.15, 0.2) is 24.0 Å². The molecule has 1 aliphatic carbocycles. The van der Waals surface area contributed by atoms with Gasteiger partial charge in [-0.05, 0) is 51.7 Å². The highest BCUT2D eigenvalue weighted by Crippen LogP contribution is 2.33. The molecule has 0 spiro atoms. The molecule has 0 atom stereocenters. The van der Waals surface area contributed by atoms with Crippen molar-refractivity contribution in [2.24, 2.45) is 0 Å². The van der Waals surface area contributed by atoms with Crippen LogP contribution >= 0.6 is 0 Å². The molecule has 0 bridgehead atoms. The van der Waals surface area contributed by atoms with Crippen molar-refractivity contribution in [3.63, 3.8) is 0 Å². The summed E-state index contributed by atoms with van der Waals surface area (Å²) in [6, 6.07) is 0.516. The molecule has 1 aliphatic rings. The Morgan fingerprint density at radius 1 is 1.35 bits per heavy atom. The maximum atomic E-state index is 5.96. The van der Waals surface area contributed by atoms with Crippen LogP contribution in [0.4, 0.5) is 0 Å². The molecular weight excluding hydrogens is 284 g/mol. The van der Waals surface area contributed by atoms with E-state index in [1.807, 2.05) is 19.9 Å². The Labute approximate surface area is 140 Å². The van der Waals surface area contributed by atoms with E-state index >= 15 is 0 Å². The minimum atomic E-state index is 0.509. The van der Waals surface area contributed by atoms with E-state index < -0.39 is 0 Å². The van der Waals surface area contributed by atoms with Gasteiger partial charge in [-0.25, -0.2) is 0 Å². The third-order valence-electron chi connectivity index (χ3n) is 4.82. The highest BCUT2D eigenvalue weighted by Gasteiger charge is 2.23. The summed E-state index contributed by atoms with van der Waals surface area (Å²) in [6.45, 7) is 12.9. The Balaban J connectivity index is 2.31. The van der Waals surface area contributed by atoms with Crippen molar-refractivity contribution in [3.8, 4) is 0 Å². The van der Waals surface area contributed by atoms with Crippen LogP contribution < -0.4 is 0 Å². The number of hydrogen-bond donors (Lipinski definition) is 0. The highest BCUT2D eigenvalue weighted by molar-refractivity contribution is 5.64. The third kappa shape index (κ3) is 3.95. The fourth-order valence-electron chi connectivity index (χ4n) is 3.14. The highest BCUT2D eigenvalue weighted by atomic mass is 16.5. The van der Waals surface area contributed by atoms with Gasteiger partial charge in [0.25, 0.3) is 0 Å². The zero-order chi connectivity index (χ0) is 16.8. The van der Waals surface area contributed by atoms with Gasteiger partial charge in [0.1, 0.15) is 12.3 Å². The largest absolute Gasteiger partial charge is 0.492 e. The minimum absolute atomic E-state index is 0.509. The van der Waals surface area contributed by atoms with Gasteiger partial charge in [-0.3, -0.25) is 4.68 Å². The van der Waals surface area contributed by atoms with E-state index in [1.165, 1.54) is 37.0 Å². The molecule has 0 unspecified atom stereocenters. The number of rotatable bonds is 7. The lowest BCUT2D eigenvalue weighted by molar-refractivity contribution is 0.191. The second kappa shape index (κ2) is 8.19. The first kappa shape index (κ1) is 17.6. The molecule has 0 radical (unpaired) electrons. The molecule has 2 rings (SSSR count). The number of aromatic nitrogens is 2. The Morgan fingerprint density at radius 2 is 2.04 bits per heavy atom. The Bertz CT molecular complexity index is 601. The number of ether oxygens (including phenoxy) is 1. The maximum absolute atomic E-state index is 5.96. The molecule has 1 fully saturated rings. The minimum Gasteiger partial charge on any atom is -0.492 e. The standard InChI is InChI=1S/C20H30N2O/c1-6-11-20-18(8-3)19(14-23-16(5)15(4)7-2)21-22(20)17-12-9-10-13-17/h6,8,11,17H,3,7,9-10,12-14H2,1-2,4-5H3/b11-6-,16-15-. The second-order valence-electron chi connectivity index (χ2n) is 6.31. The summed E-state index contributed by atoms with van der Waals surface area (Å²) in [5.74, 6) is 1.01. The molecule has 3 nitrogen and oxygen atoms in total. The van der Waals surface area contributed by atoms with Gasteiger partial charge in [0.05, 0.1) is 17.5 Å². The molecule has 1 aromatic rings. The van der Waals surface area contributed by atoms with Crippen molar-refractivity contribution < 1.29 is 4.74 Å². The molecule has 0 saturated heterocycles. The van der Waals surface area contributed by atoms with Crippen LogP contribution in [0.5, 0.6) is 0 Å². The maximum Gasteiger partial charge on any atom is 0.132 e. The van der Waals surface area contributed by atoms with Crippen LogP contribution in [0, 0.1) is 0 Å². The zero-order valence-electron chi connectivity index (χ0n) is 15.1. The quantitative estimate of drug-likeness (QED) is 0.586. The monoisotopic (exact) mass is 314 g/mol. The van der Waals surface area contributed by atoms with Crippen LogP contribution in [0.2, 0.25) is 0 Å². The van der Waals surface area contributed by atoms with Gasteiger partial charge in [0.2, 0.25) is 0 Å². The van der Waals surface area contributed by atoms with Crippen LogP contribution in [0.25, 0.3) is 12.2 Å². The van der Waals surface area contributed by atoms with Crippen molar-refractivity contribution in [1.29, 1.82) is 0 Å². The van der Waals surface area contributed by atoms with E-state index in [0.717, 1.165) is 23.4 Å². The average Bonchev–Trinajstić information content (AvgIpc) is 3.19. The molecule has 3 heteroatoms. The van der Waals surface area contributed by atoms with Gasteiger partial charge >= 0.3 is 0 Å². The van der Waals surface area contributed by atoms with Crippen molar-refractivity contribution >= 4 is 12.2 Å². The first-order valence-corrected chi connectivity index (χ1v) is 8.78. The molecule has 0 amide bonds. The van der Waals surface area contributed by atoms with Gasteiger partial charge in [0, 0.05) is 5.56 Å². The van der Waals surface area contributed by atoms with E-state index in [9.17, 15) is 0 Å². The summed E-state index contributed by atoms with van der Waals surface area (Å²) in [4.78, 5) is 0. The smallest absolute Gasteiger partial charge is 0.132 e. The predicted molar refractivity (Wildman–Crippen MR) is 98.0 cm³/mol. The number of nitrogens with zero attached hydrogens (tertiary/aromatic N) is 2. The third-order valence-corrected chi connectivity index (χ3v) is 4.82. The van der Waals surface area contributed by atoms with Crippen LogP contribution in [-0.2, 0) is 11.3 Å². The Kier molecular flexibility index (Phi) is 6.26. The molecular formula is C20H30N2O. The lowest BCUT2D eigenvalue weighted by atomic mass is 10.1. The second-order valence-corrected chi connectivity index (χ2v) is 6.31. The summed E-state index contributed by atoms with van der Waals surface area (Å²) in [5, 5.41) is 4.89. The summed E-state index contributed by atoms with van der Waals surface area (Å²) in [6.07, 6.45) is 12.2. The number of allylic oxidation sites excluding steroid dienone is 3. The normalized spacial score (nSPS) is 16.9. The van der Waals surface area contributed by atoms with Crippen LogP contribution in [0.1, 0.15) is 82.8 Å². The fourth-order valence-corrected chi connectivity index (χ4v) is 3.14. The Morgan fingerprint density at radius 3 is 2.61 bits per heavy atom. The lowest BCUT2D eigenvalue weighted by Gasteiger charge is -2.12. The molecule has 0 aromatic carbocycles. The number of hydrogen-bond acceptors (Lipinski definition) is 2. The van der Waals surface area contributed by atoms with Gasteiger partial charge in [0.15, 0.2) is 0 Å². The molecule has 0 N–H and O–H groups in total.